The zero-order valence-electron chi connectivity index (χ0n) is 6.84. The third-order valence-corrected chi connectivity index (χ3v) is 2.37. The summed E-state index contributed by atoms with van der Waals surface area (Å²) in [4.78, 5) is 13.5. The van der Waals surface area contributed by atoms with E-state index in [9.17, 15) is 4.79 Å². The minimum Gasteiger partial charge on any atom is -0.503 e. The fourth-order valence-corrected chi connectivity index (χ4v) is 1.79. The monoisotopic (exact) mass is 229 g/mol. The molecule has 2 N–H and O–H groups in total. The number of aromatic amines is 1. The molecule has 0 saturated heterocycles. The van der Waals surface area contributed by atoms with Crippen molar-refractivity contribution in [2.75, 3.05) is 0 Å². The Bertz CT molecular complexity index is 562. The van der Waals surface area contributed by atoms with Crippen molar-refractivity contribution in [3.8, 4) is 5.75 Å². The molecule has 2 aromatic rings. The van der Waals surface area contributed by atoms with Crippen LogP contribution in [0.15, 0.2) is 23.0 Å². The van der Waals surface area contributed by atoms with E-state index in [0.717, 1.165) is 0 Å². The van der Waals surface area contributed by atoms with Gasteiger partial charge < -0.3 is 10.1 Å². The van der Waals surface area contributed by atoms with Gasteiger partial charge >= 0.3 is 0 Å². The summed E-state index contributed by atoms with van der Waals surface area (Å²) < 4.78 is 0. The first-order valence-electron chi connectivity index (χ1n) is 3.79. The van der Waals surface area contributed by atoms with Gasteiger partial charge in [-0.1, -0.05) is 23.2 Å². The van der Waals surface area contributed by atoms with Gasteiger partial charge in [0.1, 0.15) is 0 Å². The van der Waals surface area contributed by atoms with E-state index in [0.29, 0.717) is 20.9 Å². The van der Waals surface area contributed by atoms with E-state index >= 15 is 0 Å². The van der Waals surface area contributed by atoms with Crippen LogP contribution < -0.4 is 5.56 Å². The van der Waals surface area contributed by atoms with Gasteiger partial charge in [0.15, 0.2) is 5.75 Å². The topological polar surface area (TPSA) is 53.1 Å². The molecule has 0 radical (unpaired) electrons. The van der Waals surface area contributed by atoms with Crippen LogP contribution in [0.1, 0.15) is 0 Å². The Hall–Kier alpha value is -1.19. The van der Waals surface area contributed by atoms with E-state index in [1.165, 1.54) is 12.1 Å². The highest BCUT2D eigenvalue weighted by Crippen LogP contribution is 2.26. The predicted octanol–water partition coefficient (Wildman–Crippen LogP) is 2.54. The maximum absolute atomic E-state index is 11.1. The summed E-state index contributed by atoms with van der Waals surface area (Å²) in [5.74, 6) is -0.351. The molecule has 2 rings (SSSR count). The second-order valence-corrected chi connectivity index (χ2v) is 3.68. The summed E-state index contributed by atoms with van der Waals surface area (Å²) in [6.07, 6.45) is 0. The van der Waals surface area contributed by atoms with Crippen molar-refractivity contribution in [3.63, 3.8) is 0 Å². The quantitative estimate of drug-likeness (QED) is 0.730. The van der Waals surface area contributed by atoms with Gasteiger partial charge in [0, 0.05) is 10.4 Å². The number of fused-ring (bicyclic) bond motifs is 1. The molecule has 0 aliphatic carbocycles. The molecule has 0 amide bonds. The van der Waals surface area contributed by atoms with Crippen LogP contribution in [0.5, 0.6) is 5.75 Å². The zero-order valence-corrected chi connectivity index (χ0v) is 8.36. The molecular formula is C9H5Cl2NO2. The molecular weight excluding hydrogens is 225 g/mol. The lowest BCUT2D eigenvalue weighted by Gasteiger charge is -2.01. The van der Waals surface area contributed by atoms with Crippen LogP contribution in [-0.4, -0.2) is 10.1 Å². The molecule has 0 saturated carbocycles. The first-order chi connectivity index (χ1) is 6.58. The van der Waals surface area contributed by atoms with Crippen molar-refractivity contribution in [2.45, 2.75) is 0 Å². The van der Waals surface area contributed by atoms with Crippen molar-refractivity contribution in [3.05, 3.63) is 38.6 Å². The Morgan fingerprint density at radius 3 is 2.64 bits per heavy atom. The van der Waals surface area contributed by atoms with Crippen LogP contribution in [0.25, 0.3) is 10.9 Å². The Balaban J connectivity index is 2.96. The summed E-state index contributed by atoms with van der Waals surface area (Å²) in [6.45, 7) is 0. The fourth-order valence-electron chi connectivity index (χ4n) is 1.23. The molecule has 1 heterocycles. The summed E-state index contributed by atoms with van der Waals surface area (Å²) in [7, 11) is 0. The van der Waals surface area contributed by atoms with Crippen LogP contribution in [0.2, 0.25) is 10.0 Å². The second kappa shape index (κ2) is 3.19. The molecule has 0 bridgehead atoms. The normalized spacial score (nSPS) is 10.7. The van der Waals surface area contributed by atoms with Crippen molar-refractivity contribution in [2.24, 2.45) is 0 Å². The molecule has 0 spiro atoms. The van der Waals surface area contributed by atoms with Crippen LogP contribution in [-0.2, 0) is 0 Å². The highest BCUT2D eigenvalue weighted by atomic mass is 35.5. The van der Waals surface area contributed by atoms with Crippen LogP contribution >= 0.6 is 23.2 Å². The summed E-state index contributed by atoms with van der Waals surface area (Å²) >= 11 is 11.6. The van der Waals surface area contributed by atoms with E-state index in [2.05, 4.69) is 4.98 Å². The fraction of sp³-hybridized carbons (Fsp3) is 0. The molecule has 0 aliphatic rings. The number of hydrogen-bond donors (Lipinski definition) is 2. The Morgan fingerprint density at radius 1 is 1.21 bits per heavy atom. The lowest BCUT2D eigenvalue weighted by atomic mass is 10.2. The van der Waals surface area contributed by atoms with Crippen molar-refractivity contribution >= 4 is 34.1 Å². The third-order valence-electron chi connectivity index (χ3n) is 1.85. The third kappa shape index (κ3) is 1.45. The lowest BCUT2D eigenvalue weighted by molar-refractivity contribution is 0.468. The minimum absolute atomic E-state index is 0.351. The number of pyridine rings is 1. The van der Waals surface area contributed by atoms with Gasteiger partial charge in [-0.3, -0.25) is 4.79 Å². The SMILES string of the molecule is O=c1[nH]c2c(Cl)cc(Cl)cc2cc1O. The number of aromatic hydroxyl groups is 1. The molecule has 5 heteroatoms. The number of aromatic nitrogens is 1. The standard InChI is InChI=1S/C9H5Cl2NO2/c10-5-1-4-2-7(13)9(14)12-8(4)6(11)3-5/h1-3,13H,(H,12,14). The predicted molar refractivity (Wildman–Crippen MR) is 56.3 cm³/mol. The zero-order chi connectivity index (χ0) is 10.3. The Kier molecular flexibility index (Phi) is 2.13. The molecule has 14 heavy (non-hydrogen) atoms. The van der Waals surface area contributed by atoms with E-state index in [4.69, 9.17) is 28.3 Å². The summed E-state index contributed by atoms with van der Waals surface area (Å²) in [6, 6.07) is 4.46. The molecule has 1 aromatic heterocycles. The van der Waals surface area contributed by atoms with Gasteiger partial charge in [-0.2, -0.15) is 0 Å². The van der Waals surface area contributed by atoms with Crippen LogP contribution in [0.3, 0.4) is 0 Å². The highest BCUT2D eigenvalue weighted by molar-refractivity contribution is 6.38. The summed E-state index contributed by atoms with van der Waals surface area (Å²) in [5.41, 5.74) is -0.0967. The number of benzene rings is 1. The average Bonchev–Trinajstić information content (AvgIpc) is 2.08. The van der Waals surface area contributed by atoms with Crippen molar-refractivity contribution in [1.29, 1.82) is 0 Å². The number of rotatable bonds is 0. The lowest BCUT2D eigenvalue weighted by Crippen LogP contribution is -2.04. The van der Waals surface area contributed by atoms with E-state index in [1.54, 1.807) is 6.07 Å². The van der Waals surface area contributed by atoms with Gasteiger partial charge in [0.2, 0.25) is 0 Å². The maximum Gasteiger partial charge on any atom is 0.290 e. The van der Waals surface area contributed by atoms with Crippen LogP contribution in [0, 0.1) is 0 Å². The highest BCUT2D eigenvalue weighted by Gasteiger charge is 2.05. The van der Waals surface area contributed by atoms with E-state index in [-0.39, 0.29) is 5.75 Å². The summed E-state index contributed by atoms with van der Waals surface area (Å²) in [5, 5.41) is 10.6. The van der Waals surface area contributed by atoms with E-state index < -0.39 is 5.56 Å². The van der Waals surface area contributed by atoms with Crippen molar-refractivity contribution in [1.82, 2.24) is 4.98 Å². The average molecular weight is 230 g/mol. The smallest absolute Gasteiger partial charge is 0.290 e. The minimum atomic E-state index is -0.568. The first-order valence-corrected chi connectivity index (χ1v) is 4.54. The molecule has 72 valence electrons. The number of H-pyrrole nitrogens is 1. The molecule has 0 aliphatic heterocycles. The van der Waals surface area contributed by atoms with Gasteiger partial charge in [-0.05, 0) is 18.2 Å². The second-order valence-electron chi connectivity index (χ2n) is 2.84. The molecule has 0 atom stereocenters. The molecule has 3 nitrogen and oxygen atoms in total. The molecule has 1 aromatic carbocycles. The first kappa shape index (κ1) is 9.37. The Labute approximate surface area is 88.9 Å². The number of hydrogen-bond acceptors (Lipinski definition) is 2. The number of nitrogens with one attached hydrogen (secondary N) is 1. The van der Waals surface area contributed by atoms with Gasteiger partial charge in [0.05, 0.1) is 10.5 Å². The number of halogens is 2. The largest absolute Gasteiger partial charge is 0.503 e. The maximum atomic E-state index is 11.1. The Morgan fingerprint density at radius 2 is 1.93 bits per heavy atom. The van der Waals surface area contributed by atoms with Crippen molar-refractivity contribution < 1.29 is 5.11 Å². The van der Waals surface area contributed by atoms with Gasteiger partial charge in [0.25, 0.3) is 5.56 Å². The van der Waals surface area contributed by atoms with Gasteiger partial charge in [-0.25, -0.2) is 0 Å². The van der Waals surface area contributed by atoms with Gasteiger partial charge in [-0.15, -0.1) is 0 Å². The van der Waals surface area contributed by atoms with E-state index in [1.807, 2.05) is 0 Å². The van der Waals surface area contributed by atoms with Crippen LogP contribution in [0.4, 0.5) is 0 Å². The molecule has 0 fully saturated rings. The molecule has 0 unspecified atom stereocenters.